The van der Waals surface area contributed by atoms with Gasteiger partial charge in [-0.25, -0.2) is 13.4 Å². The molecule has 2 heterocycles. The average molecular weight is 558 g/mol. The van der Waals surface area contributed by atoms with Crippen LogP contribution < -0.4 is 27.1 Å². The molecule has 2 aromatic heterocycles. The van der Waals surface area contributed by atoms with Gasteiger partial charge in [0.15, 0.2) is 11.0 Å². The van der Waals surface area contributed by atoms with Crippen LogP contribution in [-0.2, 0) is 21.4 Å². The van der Waals surface area contributed by atoms with E-state index in [1.165, 1.54) is 30.6 Å². The Morgan fingerprint density at radius 1 is 1.16 bits per heavy atom. The molecular weight excluding hydrogens is 530 g/mol. The molecule has 6 N–H and O–H groups in total. The summed E-state index contributed by atoms with van der Waals surface area (Å²) in [6, 6.07) is 10.6. The predicted octanol–water partition coefficient (Wildman–Crippen LogP) is 1.14. The lowest BCUT2D eigenvalue weighted by Gasteiger charge is -2.17. The highest BCUT2D eigenvalue weighted by atomic mass is 32.2. The lowest BCUT2D eigenvalue weighted by Crippen LogP contribution is -2.43. The molecule has 1 atom stereocenters. The fourth-order valence-corrected chi connectivity index (χ4v) is 4.82. The Hall–Kier alpha value is -4.30. The highest BCUT2D eigenvalue weighted by Crippen LogP contribution is 2.12. The number of pyridine rings is 1. The summed E-state index contributed by atoms with van der Waals surface area (Å²) in [4.78, 5) is 46.4. The average Bonchev–Trinajstić information content (AvgIpc) is 3.42. The molecule has 0 radical (unpaired) electrons. The molecule has 0 aliphatic rings. The molecule has 1 amide bonds. The molecule has 0 spiro atoms. The SMILES string of the molecule is NC(N)=NCCC[C@H](NC(=O)Cn1cccc(NS(=O)(=O)/C=C/c2ccccc2)c1=O)C(=O)c1nccs1. The third-order valence-corrected chi connectivity index (χ3v) is 6.85. The monoisotopic (exact) mass is 557 g/mol. The fourth-order valence-electron chi connectivity index (χ4n) is 3.32. The van der Waals surface area contributed by atoms with Crippen LogP contribution in [0.1, 0.15) is 28.2 Å². The standard InChI is InChI=1S/C24H27N7O5S2/c25-24(26)28-11-4-8-18(21(33)22-27-12-14-37-22)29-20(32)16-31-13-5-9-19(23(31)34)30-38(35,36)15-10-17-6-2-1-3-7-17/h1-3,5-7,9-10,12-15,18,30H,4,8,11,16H2,(H,29,32)(H4,25,26,28)/b15-10+/t18-/m0/s1. The van der Waals surface area contributed by atoms with E-state index >= 15 is 0 Å². The van der Waals surface area contributed by atoms with Gasteiger partial charge in [-0.15, -0.1) is 11.3 Å². The van der Waals surface area contributed by atoms with Crippen LogP contribution in [0, 0.1) is 0 Å². The number of nitrogens with zero attached hydrogens (tertiary/aromatic N) is 3. The van der Waals surface area contributed by atoms with E-state index < -0.39 is 34.1 Å². The molecule has 0 bridgehead atoms. The first-order valence-electron chi connectivity index (χ1n) is 11.4. The van der Waals surface area contributed by atoms with Crippen molar-refractivity contribution < 1.29 is 18.0 Å². The number of sulfonamides is 1. The maximum Gasteiger partial charge on any atom is 0.275 e. The van der Waals surface area contributed by atoms with Gasteiger partial charge in [-0.3, -0.25) is 24.1 Å². The van der Waals surface area contributed by atoms with Gasteiger partial charge >= 0.3 is 0 Å². The van der Waals surface area contributed by atoms with E-state index in [0.717, 1.165) is 21.3 Å². The molecule has 0 fully saturated rings. The highest BCUT2D eigenvalue weighted by molar-refractivity contribution is 7.95. The number of nitrogens with two attached hydrogens (primary N) is 2. The van der Waals surface area contributed by atoms with Crippen LogP contribution in [0.15, 0.2) is 75.4 Å². The number of Topliss-reactive ketones (excluding diaryl/α,β-unsaturated/α-hetero) is 1. The second-order valence-corrected chi connectivity index (χ2v) is 10.4. The summed E-state index contributed by atoms with van der Waals surface area (Å²) in [7, 11) is -4.00. The molecule has 0 aliphatic carbocycles. The zero-order valence-electron chi connectivity index (χ0n) is 20.2. The van der Waals surface area contributed by atoms with Crippen LogP contribution in [0.3, 0.4) is 0 Å². The molecular formula is C24H27N7O5S2. The van der Waals surface area contributed by atoms with Crippen molar-refractivity contribution in [3.8, 4) is 0 Å². The first-order valence-corrected chi connectivity index (χ1v) is 13.8. The van der Waals surface area contributed by atoms with Crippen LogP contribution >= 0.6 is 11.3 Å². The molecule has 1 aromatic carbocycles. The summed E-state index contributed by atoms with van der Waals surface area (Å²) in [5.74, 6) is -1.08. The number of nitrogens with one attached hydrogen (secondary N) is 2. The minimum Gasteiger partial charge on any atom is -0.370 e. The third kappa shape index (κ3) is 8.67. The van der Waals surface area contributed by atoms with Gasteiger partial charge in [-0.2, -0.15) is 0 Å². The molecule has 200 valence electrons. The van der Waals surface area contributed by atoms with Crippen molar-refractivity contribution >= 4 is 50.8 Å². The van der Waals surface area contributed by atoms with Crippen LogP contribution in [-0.4, -0.2) is 48.2 Å². The number of thiazole rings is 1. The van der Waals surface area contributed by atoms with E-state index in [-0.39, 0.29) is 35.4 Å². The zero-order chi connectivity index (χ0) is 27.5. The van der Waals surface area contributed by atoms with Gasteiger partial charge in [0.2, 0.25) is 11.7 Å². The molecule has 3 aromatic rings. The number of benzene rings is 1. The second kappa shape index (κ2) is 13.3. The lowest BCUT2D eigenvalue weighted by molar-refractivity contribution is -0.122. The summed E-state index contributed by atoms with van der Waals surface area (Å²) in [6.07, 6.45) is 4.87. The van der Waals surface area contributed by atoms with Crippen molar-refractivity contribution in [1.29, 1.82) is 0 Å². The largest absolute Gasteiger partial charge is 0.370 e. The first-order chi connectivity index (χ1) is 18.1. The van der Waals surface area contributed by atoms with E-state index in [1.54, 1.807) is 35.7 Å². The maximum atomic E-state index is 12.9. The van der Waals surface area contributed by atoms with Gasteiger partial charge in [0.25, 0.3) is 15.6 Å². The Balaban J connectivity index is 1.69. The number of rotatable bonds is 13. The van der Waals surface area contributed by atoms with Gasteiger partial charge in [0.05, 0.1) is 11.4 Å². The minimum atomic E-state index is -4.00. The lowest BCUT2D eigenvalue weighted by atomic mass is 10.1. The molecule has 38 heavy (non-hydrogen) atoms. The van der Waals surface area contributed by atoms with Gasteiger partial charge < -0.3 is 21.4 Å². The molecule has 12 nitrogen and oxygen atoms in total. The van der Waals surface area contributed by atoms with Gasteiger partial charge in [-0.1, -0.05) is 30.3 Å². The number of carbonyl (C=O) groups excluding carboxylic acids is 2. The normalized spacial score (nSPS) is 12.1. The quantitative estimate of drug-likeness (QED) is 0.104. The summed E-state index contributed by atoms with van der Waals surface area (Å²) < 4.78 is 28.2. The summed E-state index contributed by atoms with van der Waals surface area (Å²) in [5, 5.41) is 5.46. The van der Waals surface area contributed by atoms with Crippen LogP contribution in [0.2, 0.25) is 0 Å². The number of anilines is 1. The highest BCUT2D eigenvalue weighted by Gasteiger charge is 2.24. The number of hydrogen-bond donors (Lipinski definition) is 4. The number of aromatic nitrogens is 2. The van der Waals surface area contributed by atoms with Crippen LogP contribution in [0.25, 0.3) is 6.08 Å². The Bertz CT molecular complexity index is 1460. The molecule has 3 rings (SSSR count). The number of hydrogen-bond acceptors (Lipinski definition) is 8. The smallest absolute Gasteiger partial charge is 0.275 e. The number of guanidine groups is 1. The van der Waals surface area contributed by atoms with E-state index in [9.17, 15) is 22.8 Å². The fraction of sp³-hybridized carbons (Fsp3) is 0.208. The Labute approximate surface area is 223 Å². The molecule has 14 heteroatoms. The van der Waals surface area contributed by atoms with Crippen molar-refractivity contribution in [2.75, 3.05) is 11.3 Å². The number of ketones is 1. The van der Waals surface area contributed by atoms with Crippen molar-refractivity contribution in [2.24, 2.45) is 16.5 Å². The second-order valence-electron chi connectivity index (χ2n) is 7.99. The van der Waals surface area contributed by atoms with Crippen LogP contribution in [0.4, 0.5) is 5.69 Å². The summed E-state index contributed by atoms with van der Waals surface area (Å²) >= 11 is 1.14. The van der Waals surface area contributed by atoms with Crippen molar-refractivity contribution in [2.45, 2.75) is 25.4 Å². The van der Waals surface area contributed by atoms with E-state index in [2.05, 4.69) is 20.0 Å². The summed E-state index contributed by atoms with van der Waals surface area (Å²) in [5.41, 5.74) is 10.4. The zero-order valence-corrected chi connectivity index (χ0v) is 21.8. The molecule has 0 saturated heterocycles. The van der Waals surface area contributed by atoms with E-state index in [1.807, 2.05) is 0 Å². The minimum absolute atomic E-state index is 0.0812. The Morgan fingerprint density at radius 2 is 1.92 bits per heavy atom. The topological polar surface area (TPSA) is 192 Å². The van der Waals surface area contributed by atoms with Gasteiger partial charge in [-0.05, 0) is 36.6 Å². The van der Waals surface area contributed by atoms with Crippen molar-refractivity contribution in [3.05, 3.63) is 86.6 Å². The van der Waals surface area contributed by atoms with Crippen LogP contribution in [0.5, 0.6) is 0 Å². The van der Waals surface area contributed by atoms with Crippen molar-refractivity contribution in [3.63, 3.8) is 0 Å². The van der Waals surface area contributed by atoms with Gasteiger partial charge in [0, 0.05) is 24.3 Å². The van der Waals surface area contributed by atoms with E-state index in [0.29, 0.717) is 12.0 Å². The number of aliphatic imine (C=N–C) groups is 1. The third-order valence-electron chi connectivity index (χ3n) is 5.07. The Morgan fingerprint density at radius 3 is 2.61 bits per heavy atom. The molecule has 0 unspecified atom stereocenters. The molecule has 0 saturated carbocycles. The Kier molecular flexibility index (Phi) is 9.90. The maximum absolute atomic E-state index is 12.9. The van der Waals surface area contributed by atoms with E-state index in [4.69, 9.17) is 11.5 Å². The molecule has 0 aliphatic heterocycles. The summed E-state index contributed by atoms with van der Waals surface area (Å²) in [6.45, 7) is -0.177. The van der Waals surface area contributed by atoms with Crippen molar-refractivity contribution in [1.82, 2.24) is 14.9 Å². The predicted molar refractivity (Wildman–Crippen MR) is 147 cm³/mol. The van der Waals surface area contributed by atoms with Gasteiger partial charge in [0.1, 0.15) is 12.2 Å². The number of carbonyl (C=O) groups is 2. The number of amides is 1. The first kappa shape index (κ1) is 28.3.